The highest BCUT2D eigenvalue weighted by molar-refractivity contribution is 5.90. The molecular formula is C12H18O3. The van der Waals surface area contributed by atoms with Gasteiger partial charge in [-0.2, -0.15) is 0 Å². The van der Waals surface area contributed by atoms with E-state index in [0.29, 0.717) is 18.6 Å². The topological polar surface area (TPSA) is 43.4 Å². The second-order valence-electron chi connectivity index (χ2n) is 4.75. The molecule has 0 aromatic carbocycles. The van der Waals surface area contributed by atoms with Crippen molar-refractivity contribution >= 4 is 11.8 Å². The summed E-state index contributed by atoms with van der Waals surface area (Å²) >= 11 is 0. The van der Waals surface area contributed by atoms with E-state index in [2.05, 4.69) is 6.92 Å². The fourth-order valence-electron chi connectivity index (χ4n) is 2.36. The molecule has 0 amide bonds. The Labute approximate surface area is 90.2 Å². The third kappa shape index (κ3) is 2.06. The zero-order valence-electron chi connectivity index (χ0n) is 9.25. The predicted octanol–water partition coefficient (Wildman–Crippen LogP) is 2.23. The van der Waals surface area contributed by atoms with Gasteiger partial charge in [-0.3, -0.25) is 9.59 Å². The van der Waals surface area contributed by atoms with Gasteiger partial charge in [-0.05, 0) is 6.42 Å². The first-order valence-electron chi connectivity index (χ1n) is 5.92. The first kappa shape index (κ1) is 10.7. The van der Waals surface area contributed by atoms with E-state index in [1.165, 1.54) is 12.8 Å². The molecule has 0 radical (unpaired) electrons. The normalized spacial score (nSPS) is 32.3. The van der Waals surface area contributed by atoms with Gasteiger partial charge in [0.05, 0.1) is 12.3 Å². The Morgan fingerprint density at radius 1 is 1.47 bits per heavy atom. The van der Waals surface area contributed by atoms with Gasteiger partial charge >= 0.3 is 5.97 Å². The molecule has 0 aromatic rings. The van der Waals surface area contributed by atoms with Gasteiger partial charge in [-0.25, -0.2) is 0 Å². The van der Waals surface area contributed by atoms with Crippen molar-refractivity contribution in [2.75, 3.05) is 0 Å². The maximum atomic E-state index is 11.7. The maximum absolute atomic E-state index is 11.7. The molecule has 1 saturated heterocycles. The second-order valence-corrected chi connectivity index (χ2v) is 4.75. The number of hydrogen-bond acceptors (Lipinski definition) is 3. The molecule has 1 saturated carbocycles. The van der Waals surface area contributed by atoms with Gasteiger partial charge < -0.3 is 4.74 Å². The van der Waals surface area contributed by atoms with Gasteiger partial charge in [-0.15, -0.1) is 0 Å². The van der Waals surface area contributed by atoms with Crippen LogP contribution in [0.4, 0.5) is 0 Å². The van der Waals surface area contributed by atoms with Crippen LogP contribution in [-0.2, 0) is 14.3 Å². The van der Waals surface area contributed by atoms with Crippen molar-refractivity contribution in [3.05, 3.63) is 0 Å². The predicted molar refractivity (Wildman–Crippen MR) is 55.3 cm³/mol. The van der Waals surface area contributed by atoms with E-state index in [-0.39, 0.29) is 17.5 Å². The smallest absolute Gasteiger partial charge is 0.310 e. The van der Waals surface area contributed by atoms with E-state index < -0.39 is 0 Å². The van der Waals surface area contributed by atoms with E-state index in [0.717, 1.165) is 19.3 Å². The number of carbonyl (C=O) groups is 2. The van der Waals surface area contributed by atoms with Crippen LogP contribution in [0.1, 0.15) is 51.9 Å². The molecule has 3 heteroatoms. The Kier molecular flexibility index (Phi) is 2.81. The minimum Gasteiger partial charge on any atom is -0.458 e. The van der Waals surface area contributed by atoms with Gasteiger partial charge in [0.2, 0.25) is 0 Å². The average Bonchev–Trinajstić information content (AvgIpc) is 2.87. The van der Waals surface area contributed by atoms with Gasteiger partial charge in [0.1, 0.15) is 11.4 Å². The summed E-state index contributed by atoms with van der Waals surface area (Å²) in [4.78, 5) is 22.4. The zero-order valence-corrected chi connectivity index (χ0v) is 9.25. The van der Waals surface area contributed by atoms with Crippen LogP contribution in [0.15, 0.2) is 0 Å². The molecule has 84 valence electrons. The number of hydrogen-bond donors (Lipinski definition) is 0. The maximum Gasteiger partial charge on any atom is 0.310 e. The van der Waals surface area contributed by atoms with Crippen molar-refractivity contribution in [1.29, 1.82) is 0 Å². The number of ether oxygens (including phenoxy) is 1. The van der Waals surface area contributed by atoms with E-state index in [4.69, 9.17) is 4.74 Å². The lowest BCUT2D eigenvalue weighted by molar-refractivity contribution is -0.176. The Morgan fingerprint density at radius 3 is 2.80 bits per heavy atom. The van der Waals surface area contributed by atoms with Crippen molar-refractivity contribution in [2.24, 2.45) is 5.92 Å². The van der Waals surface area contributed by atoms with Crippen LogP contribution < -0.4 is 0 Å². The summed E-state index contributed by atoms with van der Waals surface area (Å²) in [7, 11) is 0. The molecule has 0 bridgehead atoms. The molecule has 1 heterocycles. The molecule has 1 spiro atoms. The van der Waals surface area contributed by atoms with Gasteiger partial charge in [0.25, 0.3) is 0 Å². The molecular weight excluding hydrogens is 192 g/mol. The van der Waals surface area contributed by atoms with Crippen LogP contribution in [0.2, 0.25) is 0 Å². The molecule has 2 aliphatic rings. The van der Waals surface area contributed by atoms with E-state index in [1.807, 2.05) is 0 Å². The Morgan fingerprint density at radius 2 is 2.20 bits per heavy atom. The number of rotatable bonds is 6. The standard InChI is InChI=1S/C12H18O3/c1-2-3-4-5-6-10(13)9-7-12(9)8-11(14)15-12/h9H,2-8H2,1H3/t9-,12-/m1/s1. The fourth-order valence-corrected chi connectivity index (χ4v) is 2.36. The first-order chi connectivity index (χ1) is 7.18. The number of ketones is 1. The second kappa shape index (κ2) is 3.95. The minimum absolute atomic E-state index is 0.0387. The quantitative estimate of drug-likeness (QED) is 0.498. The molecule has 0 unspecified atom stereocenters. The summed E-state index contributed by atoms with van der Waals surface area (Å²) in [5.74, 6) is 0.201. The van der Waals surface area contributed by atoms with Crippen LogP contribution in [-0.4, -0.2) is 17.4 Å². The van der Waals surface area contributed by atoms with Crippen LogP contribution >= 0.6 is 0 Å². The third-order valence-electron chi connectivity index (χ3n) is 3.45. The largest absolute Gasteiger partial charge is 0.458 e. The molecule has 1 aliphatic heterocycles. The third-order valence-corrected chi connectivity index (χ3v) is 3.45. The first-order valence-corrected chi connectivity index (χ1v) is 5.92. The summed E-state index contributed by atoms with van der Waals surface area (Å²) < 4.78 is 5.04. The van der Waals surface area contributed by atoms with Crippen LogP contribution in [0, 0.1) is 5.92 Å². The van der Waals surface area contributed by atoms with Crippen molar-refractivity contribution in [1.82, 2.24) is 0 Å². The molecule has 0 N–H and O–H groups in total. The Bertz CT molecular complexity index is 275. The highest BCUT2D eigenvalue weighted by Gasteiger charge is 2.67. The summed E-state index contributed by atoms with van der Waals surface area (Å²) in [6, 6.07) is 0. The molecule has 2 fully saturated rings. The lowest BCUT2D eigenvalue weighted by Gasteiger charge is -2.26. The molecule has 1 aliphatic carbocycles. The van der Waals surface area contributed by atoms with Crippen molar-refractivity contribution < 1.29 is 14.3 Å². The van der Waals surface area contributed by atoms with Gasteiger partial charge in [-0.1, -0.05) is 26.2 Å². The van der Waals surface area contributed by atoms with Gasteiger partial charge in [0.15, 0.2) is 0 Å². The lowest BCUT2D eigenvalue weighted by atomic mass is 10.0. The van der Waals surface area contributed by atoms with Crippen molar-refractivity contribution in [3.8, 4) is 0 Å². The zero-order chi connectivity index (χ0) is 10.9. The molecule has 0 aromatic heterocycles. The minimum atomic E-state index is -0.321. The average molecular weight is 210 g/mol. The van der Waals surface area contributed by atoms with Crippen LogP contribution in [0.25, 0.3) is 0 Å². The summed E-state index contributed by atoms with van der Waals surface area (Å²) in [6.45, 7) is 2.16. The fraction of sp³-hybridized carbons (Fsp3) is 0.833. The highest BCUT2D eigenvalue weighted by atomic mass is 16.6. The SMILES string of the molecule is CCCCCCC(=O)[C@H]1C[C@@]12CC(=O)O2. The number of carbonyl (C=O) groups excluding carboxylic acids is 2. The monoisotopic (exact) mass is 210 g/mol. The molecule has 2 rings (SSSR count). The van der Waals surface area contributed by atoms with E-state index in [1.54, 1.807) is 0 Å². The summed E-state index contributed by atoms with van der Waals surface area (Å²) in [5, 5.41) is 0. The Hall–Kier alpha value is -0.860. The van der Waals surface area contributed by atoms with Crippen LogP contribution in [0.5, 0.6) is 0 Å². The van der Waals surface area contributed by atoms with Crippen molar-refractivity contribution in [2.45, 2.75) is 57.5 Å². The van der Waals surface area contributed by atoms with Crippen LogP contribution in [0.3, 0.4) is 0 Å². The summed E-state index contributed by atoms with van der Waals surface area (Å²) in [5.41, 5.74) is -0.321. The van der Waals surface area contributed by atoms with E-state index in [9.17, 15) is 9.59 Å². The number of unbranched alkanes of at least 4 members (excludes halogenated alkanes) is 3. The van der Waals surface area contributed by atoms with E-state index >= 15 is 0 Å². The number of esters is 1. The Balaban J connectivity index is 1.64. The highest BCUT2D eigenvalue weighted by Crippen LogP contribution is 2.56. The van der Waals surface area contributed by atoms with Gasteiger partial charge in [0, 0.05) is 12.8 Å². The summed E-state index contributed by atoms with van der Waals surface area (Å²) in [6.07, 6.45) is 6.46. The molecule has 2 atom stereocenters. The molecule has 3 nitrogen and oxygen atoms in total. The lowest BCUT2D eigenvalue weighted by Crippen LogP contribution is -2.38. The van der Waals surface area contributed by atoms with Crippen molar-refractivity contribution in [3.63, 3.8) is 0 Å². The molecule has 15 heavy (non-hydrogen) atoms. The number of Topliss-reactive ketones (excluding diaryl/α,β-unsaturated/α-hetero) is 1.